The predicted molar refractivity (Wildman–Crippen MR) is 91.9 cm³/mol. The second kappa shape index (κ2) is 6.54. The molecule has 3 heterocycles. The van der Waals surface area contributed by atoms with Crippen molar-refractivity contribution in [3.63, 3.8) is 0 Å². The highest BCUT2D eigenvalue weighted by Crippen LogP contribution is 2.18. The molecule has 136 valence electrons. The van der Waals surface area contributed by atoms with E-state index in [0.29, 0.717) is 17.2 Å². The minimum atomic E-state index is -0.790. The van der Waals surface area contributed by atoms with Gasteiger partial charge < -0.3 is 10.1 Å². The van der Waals surface area contributed by atoms with Gasteiger partial charge in [-0.25, -0.2) is 14.3 Å². The maximum atomic E-state index is 12.1. The van der Waals surface area contributed by atoms with Crippen LogP contribution in [0.5, 0.6) is 0 Å². The summed E-state index contributed by atoms with van der Waals surface area (Å²) in [5.41, 5.74) is 3.66. The first-order valence-corrected chi connectivity index (χ1v) is 7.94. The smallest absolute Gasteiger partial charge is 0.378 e. The molecule has 10 heteroatoms. The van der Waals surface area contributed by atoms with Crippen molar-refractivity contribution in [1.29, 1.82) is 0 Å². The molecule has 0 radical (unpaired) electrons. The van der Waals surface area contributed by atoms with E-state index in [1.165, 1.54) is 4.52 Å². The number of carbonyl (C=O) groups is 2. The van der Waals surface area contributed by atoms with Gasteiger partial charge in [-0.1, -0.05) is 0 Å². The lowest BCUT2D eigenvalue weighted by Crippen LogP contribution is -2.22. The molecular formula is C16H19N7O3. The van der Waals surface area contributed by atoms with Gasteiger partial charge in [0.05, 0.1) is 17.1 Å². The van der Waals surface area contributed by atoms with Gasteiger partial charge in [0.25, 0.3) is 17.5 Å². The topological polar surface area (TPSA) is 116 Å². The van der Waals surface area contributed by atoms with Crippen LogP contribution in [-0.2, 0) is 16.6 Å². The molecule has 0 atom stereocenters. The van der Waals surface area contributed by atoms with Gasteiger partial charge in [-0.05, 0) is 33.8 Å². The number of fused-ring (bicyclic) bond motifs is 1. The normalized spacial score (nSPS) is 11.0. The predicted octanol–water partition coefficient (Wildman–Crippen LogP) is 0.887. The molecule has 0 fully saturated rings. The van der Waals surface area contributed by atoms with Crippen LogP contribution in [0, 0.1) is 27.7 Å². The molecule has 0 aliphatic heterocycles. The first-order valence-electron chi connectivity index (χ1n) is 7.94. The fraction of sp³-hybridized carbons (Fsp3) is 0.375. The summed E-state index contributed by atoms with van der Waals surface area (Å²) in [7, 11) is 1.78. The van der Waals surface area contributed by atoms with Crippen molar-refractivity contribution < 1.29 is 14.3 Å². The van der Waals surface area contributed by atoms with Crippen LogP contribution < -0.4 is 5.32 Å². The van der Waals surface area contributed by atoms with E-state index in [2.05, 4.69) is 25.5 Å². The fourth-order valence-corrected chi connectivity index (χ4v) is 2.58. The maximum absolute atomic E-state index is 12.1. The molecule has 3 aromatic heterocycles. The van der Waals surface area contributed by atoms with Crippen molar-refractivity contribution in [1.82, 2.24) is 29.4 Å². The van der Waals surface area contributed by atoms with Crippen molar-refractivity contribution in [2.24, 2.45) is 7.05 Å². The zero-order chi connectivity index (χ0) is 19.0. The molecule has 26 heavy (non-hydrogen) atoms. The van der Waals surface area contributed by atoms with Gasteiger partial charge in [0.2, 0.25) is 0 Å². The number of nitrogens with zero attached hydrogens (tertiary/aromatic N) is 6. The SMILES string of the molecule is Cc1cc(C)n2nc(C(=O)OCC(=O)Nc3c(C)nn(C)c3C)nc2n1. The van der Waals surface area contributed by atoms with E-state index in [-0.39, 0.29) is 5.82 Å². The summed E-state index contributed by atoms with van der Waals surface area (Å²) in [4.78, 5) is 32.4. The molecule has 0 saturated heterocycles. The third kappa shape index (κ3) is 3.25. The van der Waals surface area contributed by atoms with E-state index < -0.39 is 18.5 Å². The lowest BCUT2D eigenvalue weighted by Gasteiger charge is -2.05. The average molecular weight is 357 g/mol. The van der Waals surface area contributed by atoms with Gasteiger partial charge in [-0.3, -0.25) is 9.48 Å². The third-order valence-corrected chi connectivity index (χ3v) is 3.91. The number of hydrogen-bond donors (Lipinski definition) is 1. The number of rotatable bonds is 4. The first kappa shape index (κ1) is 17.5. The standard InChI is InChI=1S/C16H19N7O3/c1-8-6-9(2)23-16(17-8)19-14(21-23)15(25)26-7-12(24)18-13-10(3)20-22(5)11(13)4/h6H,7H2,1-5H3,(H,18,24). The molecule has 0 aliphatic rings. The minimum Gasteiger partial charge on any atom is -0.450 e. The van der Waals surface area contributed by atoms with Gasteiger partial charge in [0, 0.05) is 18.4 Å². The summed E-state index contributed by atoms with van der Waals surface area (Å²) in [5, 5.41) is 11.0. The summed E-state index contributed by atoms with van der Waals surface area (Å²) >= 11 is 0. The highest BCUT2D eigenvalue weighted by Gasteiger charge is 2.19. The number of nitrogens with one attached hydrogen (secondary N) is 1. The van der Waals surface area contributed by atoms with E-state index in [1.807, 2.05) is 26.8 Å². The van der Waals surface area contributed by atoms with Crippen LogP contribution >= 0.6 is 0 Å². The van der Waals surface area contributed by atoms with Crippen molar-refractivity contribution in [2.75, 3.05) is 11.9 Å². The Balaban J connectivity index is 1.67. The molecule has 0 aromatic carbocycles. The van der Waals surface area contributed by atoms with E-state index in [1.54, 1.807) is 18.7 Å². The second-order valence-corrected chi connectivity index (χ2v) is 5.98. The van der Waals surface area contributed by atoms with Crippen LogP contribution in [0.4, 0.5) is 5.69 Å². The summed E-state index contributed by atoms with van der Waals surface area (Å²) in [6.45, 7) is 6.82. The van der Waals surface area contributed by atoms with Gasteiger partial charge in [-0.15, -0.1) is 5.10 Å². The lowest BCUT2D eigenvalue weighted by atomic mass is 10.3. The van der Waals surface area contributed by atoms with Crippen LogP contribution in [0.2, 0.25) is 0 Å². The molecule has 1 amide bonds. The van der Waals surface area contributed by atoms with E-state index in [9.17, 15) is 9.59 Å². The quantitative estimate of drug-likeness (QED) is 0.689. The fourth-order valence-electron chi connectivity index (χ4n) is 2.58. The van der Waals surface area contributed by atoms with E-state index in [0.717, 1.165) is 17.1 Å². The Morgan fingerprint density at radius 1 is 1.15 bits per heavy atom. The molecule has 0 bridgehead atoms. The van der Waals surface area contributed by atoms with E-state index in [4.69, 9.17) is 4.74 Å². The Hall–Kier alpha value is -3.30. The molecule has 3 aromatic rings. The molecule has 3 rings (SSSR count). The largest absolute Gasteiger partial charge is 0.450 e. The number of hydrogen-bond acceptors (Lipinski definition) is 7. The molecule has 0 saturated carbocycles. The van der Waals surface area contributed by atoms with Crippen molar-refractivity contribution in [3.05, 3.63) is 34.7 Å². The van der Waals surface area contributed by atoms with Crippen LogP contribution in [0.3, 0.4) is 0 Å². The zero-order valence-corrected chi connectivity index (χ0v) is 15.2. The average Bonchev–Trinajstić information content (AvgIpc) is 3.09. The number of carbonyl (C=O) groups excluding carboxylic acids is 2. The van der Waals surface area contributed by atoms with Gasteiger partial charge >= 0.3 is 5.97 Å². The first-order chi connectivity index (χ1) is 12.3. The van der Waals surface area contributed by atoms with Crippen molar-refractivity contribution >= 4 is 23.3 Å². The number of esters is 1. The Bertz CT molecular complexity index is 1020. The second-order valence-electron chi connectivity index (χ2n) is 5.98. The molecule has 0 aliphatic carbocycles. The zero-order valence-electron chi connectivity index (χ0n) is 15.2. The minimum absolute atomic E-state index is 0.146. The Labute approximate surface area is 149 Å². The van der Waals surface area contributed by atoms with Crippen LogP contribution in [0.25, 0.3) is 5.78 Å². The lowest BCUT2D eigenvalue weighted by molar-refractivity contribution is -0.119. The number of aryl methyl sites for hydroxylation is 4. The van der Waals surface area contributed by atoms with Gasteiger partial charge in [0.1, 0.15) is 0 Å². The molecule has 1 N–H and O–H groups in total. The van der Waals surface area contributed by atoms with Crippen LogP contribution in [0.1, 0.15) is 33.4 Å². The molecule has 10 nitrogen and oxygen atoms in total. The Morgan fingerprint density at radius 3 is 2.54 bits per heavy atom. The summed E-state index contributed by atoms with van der Waals surface area (Å²) in [6, 6.07) is 1.82. The number of aromatic nitrogens is 6. The van der Waals surface area contributed by atoms with Crippen molar-refractivity contribution in [2.45, 2.75) is 27.7 Å². The maximum Gasteiger partial charge on any atom is 0.378 e. The van der Waals surface area contributed by atoms with E-state index >= 15 is 0 Å². The highest BCUT2D eigenvalue weighted by molar-refractivity contribution is 5.95. The Kier molecular flexibility index (Phi) is 4.41. The van der Waals surface area contributed by atoms with Gasteiger partial charge in [-0.2, -0.15) is 10.1 Å². The molecule has 0 unspecified atom stereocenters. The number of amides is 1. The highest BCUT2D eigenvalue weighted by atomic mass is 16.5. The monoisotopic (exact) mass is 357 g/mol. The summed E-state index contributed by atoms with van der Waals surface area (Å²) in [5.74, 6) is -1.10. The van der Waals surface area contributed by atoms with Crippen LogP contribution in [0.15, 0.2) is 6.07 Å². The van der Waals surface area contributed by atoms with Gasteiger partial charge in [0.15, 0.2) is 6.61 Å². The number of ether oxygens (including phenoxy) is 1. The Morgan fingerprint density at radius 2 is 1.88 bits per heavy atom. The van der Waals surface area contributed by atoms with Crippen molar-refractivity contribution in [3.8, 4) is 0 Å². The molecular weight excluding hydrogens is 338 g/mol. The third-order valence-electron chi connectivity index (χ3n) is 3.91. The summed E-state index contributed by atoms with van der Waals surface area (Å²) in [6.07, 6.45) is 0. The number of anilines is 1. The molecule has 0 spiro atoms. The van der Waals surface area contributed by atoms with Crippen LogP contribution in [-0.4, -0.2) is 47.8 Å². The summed E-state index contributed by atoms with van der Waals surface area (Å²) < 4.78 is 8.12.